The zero-order valence-electron chi connectivity index (χ0n) is 35.1. The molecule has 0 radical (unpaired) electrons. The summed E-state index contributed by atoms with van der Waals surface area (Å²) in [6, 6.07) is 79.6. The molecule has 0 aliphatic carbocycles. The maximum absolute atomic E-state index is 6.52. The van der Waals surface area contributed by atoms with Crippen LogP contribution in [0, 0.1) is 0 Å². The van der Waals surface area contributed by atoms with Crippen LogP contribution >= 0.6 is 0 Å². The Morgan fingerprint density at radius 3 is 1.18 bits per heavy atom. The van der Waals surface area contributed by atoms with Gasteiger partial charge < -0.3 is 4.42 Å². The summed E-state index contributed by atoms with van der Waals surface area (Å²) in [6.45, 7) is 0. The van der Waals surface area contributed by atoms with Crippen LogP contribution in [0.15, 0.2) is 229 Å². The van der Waals surface area contributed by atoms with Gasteiger partial charge in [0.2, 0.25) is 0 Å². The van der Waals surface area contributed by atoms with Crippen LogP contribution in [0.2, 0.25) is 0 Å². The van der Waals surface area contributed by atoms with E-state index in [1.165, 1.54) is 60.1 Å². The summed E-state index contributed by atoms with van der Waals surface area (Å²) in [5.74, 6) is 1.76. The Bertz CT molecular complexity index is 3950. The lowest BCUT2D eigenvalue weighted by atomic mass is 9.82. The normalized spacial score (nSPS) is 11.7. The van der Waals surface area contributed by atoms with E-state index in [1.807, 2.05) is 54.6 Å². The summed E-state index contributed by atoms with van der Waals surface area (Å²) in [5, 5.41) is 11.5. The third-order valence-corrected chi connectivity index (χ3v) is 13.0. The van der Waals surface area contributed by atoms with Gasteiger partial charge in [-0.3, -0.25) is 0 Å². The second-order valence-corrected chi connectivity index (χ2v) is 16.6. The van der Waals surface area contributed by atoms with Crippen molar-refractivity contribution in [2.45, 2.75) is 0 Å². The first-order valence-electron chi connectivity index (χ1n) is 22.0. The lowest BCUT2D eigenvalue weighted by molar-refractivity contribution is 0.669. The van der Waals surface area contributed by atoms with Crippen LogP contribution in [0.5, 0.6) is 0 Å². The van der Waals surface area contributed by atoms with Crippen molar-refractivity contribution < 1.29 is 4.42 Å². The number of fused-ring (bicyclic) bond motifs is 7. The molecule has 2 aromatic heterocycles. The van der Waals surface area contributed by atoms with Crippen LogP contribution in [-0.2, 0) is 0 Å². The molecule has 302 valence electrons. The quantitative estimate of drug-likeness (QED) is 0.157. The summed E-state index contributed by atoms with van der Waals surface area (Å²) < 4.78 is 6.52. The molecule has 13 rings (SSSR count). The summed E-state index contributed by atoms with van der Waals surface area (Å²) in [5.41, 5.74) is 11.5. The first-order chi connectivity index (χ1) is 32.3. The van der Waals surface area contributed by atoms with Gasteiger partial charge in [0.05, 0.1) is 5.56 Å². The molecule has 0 amide bonds. The lowest BCUT2D eigenvalue weighted by Crippen LogP contribution is -2.01. The molecule has 11 aromatic carbocycles. The predicted molar refractivity (Wildman–Crippen MR) is 270 cm³/mol. The van der Waals surface area contributed by atoms with E-state index in [1.54, 1.807) is 0 Å². The number of benzene rings is 11. The highest BCUT2D eigenvalue weighted by atomic mass is 16.3. The smallest absolute Gasteiger partial charge is 0.167 e. The van der Waals surface area contributed by atoms with E-state index < -0.39 is 0 Å². The van der Waals surface area contributed by atoms with E-state index in [-0.39, 0.29) is 0 Å². The van der Waals surface area contributed by atoms with E-state index in [0.717, 1.165) is 55.0 Å². The first kappa shape index (κ1) is 36.9. The molecule has 65 heavy (non-hydrogen) atoms. The fourth-order valence-electron chi connectivity index (χ4n) is 10.1. The maximum atomic E-state index is 6.52. The van der Waals surface area contributed by atoms with Gasteiger partial charge in [-0.05, 0) is 94.7 Å². The molecule has 0 bridgehead atoms. The minimum atomic E-state index is 0.559. The van der Waals surface area contributed by atoms with E-state index in [0.29, 0.717) is 17.5 Å². The molecule has 0 fully saturated rings. The molecule has 0 saturated carbocycles. The molecule has 0 aliphatic heterocycles. The Labute approximate surface area is 374 Å². The lowest BCUT2D eigenvalue weighted by Gasteiger charge is -2.21. The van der Waals surface area contributed by atoms with Crippen molar-refractivity contribution in [3.63, 3.8) is 0 Å². The fraction of sp³-hybridized carbons (Fsp3) is 0. The molecule has 4 nitrogen and oxygen atoms in total. The number of aromatic nitrogens is 3. The predicted octanol–water partition coefficient (Wildman–Crippen LogP) is 16.4. The van der Waals surface area contributed by atoms with Gasteiger partial charge in [0.15, 0.2) is 17.5 Å². The van der Waals surface area contributed by atoms with E-state index >= 15 is 0 Å². The molecule has 13 aromatic rings. The van der Waals surface area contributed by atoms with Crippen LogP contribution < -0.4 is 0 Å². The van der Waals surface area contributed by atoms with Crippen molar-refractivity contribution >= 4 is 65.0 Å². The van der Waals surface area contributed by atoms with Gasteiger partial charge in [-0.2, -0.15) is 0 Å². The molecule has 0 aliphatic rings. The highest BCUT2D eigenvalue weighted by molar-refractivity contribution is 6.26. The Kier molecular flexibility index (Phi) is 8.50. The van der Waals surface area contributed by atoms with E-state index in [9.17, 15) is 0 Å². The number of nitrogens with zero attached hydrogens (tertiary/aromatic N) is 3. The largest absolute Gasteiger partial charge is 0.455 e. The third-order valence-electron chi connectivity index (χ3n) is 13.0. The molecular weight excluding hydrogens is 791 g/mol. The molecule has 0 N–H and O–H groups in total. The number of hydrogen-bond donors (Lipinski definition) is 0. The molecule has 0 saturated heterocycles. The van der Waals surface area contributed by atoms with Gasteiger partial charge in [0.1, 0.15) is 11.2 Å². The second kappa shape index (κ2) is 15.0. The van der Waals surface area contributed by atoms with Crippen LogP contribution in [-0.4, -0.2) is 15.0 Å². The number of furan rings is 1. The number of hydrogen-bond acceptors (Lipinski definition) is 4. The van der Waals surface area contributed by atoms with Crippen molar-refractivity contribution in [2.24, 2.45) is 0 Å². The van der Waals surface area contributed by atoms with Crippen LogP contribution in [0.1, 0.15) is 0 Å². The zero-order valence-corrected chi connectivity index (χ0v) is 35.1. The average molecular weight is 828 g/mol. The van der Waals surface area contributed by atoms with E-state index in [2.05, 4.69) is 170 Å². The Morgan fingerprint density at radius 1 is 0.231 bits per heavy atom. The van der Waals surface area contributed by atoms with Crippen molar-refractivity contribution in [3.8, 4) is 67.5 Å². The molecule has 0 atom stereocenters. The van der Waals surface area contributed by atoms with Gasteiger partial charge in [0.25, 0.3) is 0 Å². The molecule has 0 unspecified atom stereocenters. The molecular formula is C61H37N3O. The van der Waals surface area contributed by atoms with Gasteiger partial charge in [-0.25, -0.2) is 15.0 Å². The minimum Gasteiger partial charge on any atom is -0.455 e. The summed E-state index contributed by atoms with van der Waals surface area (Å²) in [4.78, 5) is 15.6. The Morgan fingerprint density at radius 2 is 0.615 bits per heavy atom. The van der Waals surface area contributed by atoms with Gasteiger partial charge >= 0.3 is 0 Å². The van der Waals surface area contributed by atoms with Crippen molar-refractivity contribution in [3.05, 3.63) is 224 Å². The van der Waals surface area contributed by atoms with Crippen molar-refractivity contribution in [1.82, 2.24) is 15.0 Å². The van der Waals surface area contributed by atoms with Crippen molar-refractivity contribution in [1.29, 1.82) is 0 Å². The standard InChI is InChI=1S/C61H37N3O/c1-3-18-38(19-4-1)40-34-35-50(42-23-8-7-22-41(40)42)56-46-27-11-13-29-48(46)57(49-30-14-12-28-47(49)56)51-36-37-53(44-25-10-9-24-43(44)51)60-62-59(39-20-5-2-6-21-39)63-61(64-60)54-32-17-31-52-45-26-15-16-33-55(45)65-58(52)54/h1-37H. The molecule has 2 heterocycles. The summed E-state index contributed by atoms with van der Waals surface area (Å²) >= 11 is 0. The van der Waals surface area contributed by atoms with Crippen LogP contribution in [0.25, 0.3) is 133 Å². The average Bonchev–Trinajstić information content (AvgIpc) is 3.77. The second-order valence-electron chi connectivity index (χ2n) is 16.6. The summed E-state index contributed by atoms with van der Waals surface area (Å²) in [7, 11) is 0. The van der Waals surface area contributed by atoms with E-state index in [4.69, 9.17) is 19.4 Å². The third kappa shape index (κ3) is 5.96. The number of para-hydroxylation sites is 2. The first-order valence-corrected chi connectivity index (χ1v) is 22.0. The number of rotatable bonds is 6. The highest BCUT2D eigenvalue weighted by Gasteiger charge is 2.23. The maximum Gasteiger partial charge on any atom is 0.167 e. The zero-order chi connectivity index (χ0) is 42.8. The molecule has 0 spiro atoms. The topological polar surface area (TPSA) is 51.8 Å². The fourth-order valence-corrected chi connectivity index (χ4v) is 10.1. The van der Waals surface area contributed by atoms with Crippen molar-refractivity contribution in [2.75, 3.05) is 0 Å². The van der Waals surface area contributed by atoms with Gasteiger partial charge in [-0.15, -0.1) is 0 Å². The minimum absolute atomic E-state index is 0.559. The van der Waals surface area contributed by atoms with Crippen LogP contribution in [0.4, 0.5) is 0 Å². The Hall–Kier alpha value is -8.73. The summed E-state index contributed by atoms with van der Waals surface area (Å²) in [6.07, 6.45) is 0. The van der Waals surface area contributed by atoms with Gasteiger partial charge in [-0.1, -0.05) is 206 Å². The molecule has 4 heteroatoms. The highest BCUT2D eigenvalue weighted by Crippen LogP contribution is 2.48. The van der Waals surface area contributed by atoms with Crippen LogP contribution in [0.3, 0.4) is 0 Å². The monoisotopic (exact) mass is 827 g/mol. The van der Waals surface area contributed by atoms with Gasteiger partial charge in [0, 0.05) is 21.9 Å². The Balaban J connectivity index is 1.04. The SMILES string of the molecule is c1ccc(-c2nc(-c3ccc(-c4c5ccccc5c(-c5ccc(-c6ccccc6)c6ccccc56)c5ccccc45)c4ccccc34)nc(-c3cccc4c3oc3ccccc34)n2)cc1.